The van der Waals surface area contributed by atoms with Gasteiger partial charge in [0.1, 0.15) is 5.52 Å². The molecule has 0 aliphatic rings. The summed E-state index contributed by atoms with van der Waals surface area (Å²) in [5, 5.41) is 3.42. The molecular weight excluding hydrogens is 276 g/mol. The van der Waals surface area contributed by atoms with Crippen molar-refractivity contribution in [1.82, 2.24) is 4.98 Å². The maximum Gasteiger partial charge on any atom is 0.255 e. The number of nitrogens with zero attached hydrogens (tertiary/aromatic N) is 1. The Bertz CT molecular complexity index is 795. The van der Waals surface area contributed by atoms with Gasteiger partial charge >= 0.3 is 0 Å². The number of aromatic nitrogens is 1. The van der Waals surface area contributed by atoms with E-state index >= 15 is 0 Å². The van der Waals surface area contributed by atoms with Crippen LogP contribution in [-0.2, 0) is 0 Å². The Balaban J connectivity index is 1.90. The number of amides is 1. The predicted molar refractivity (Wildman–Crippen MR) is 78.2 cm³/mol. The van der Waals surface area contributed by atoms with Crippen LogP contribution in [0.5, 0.6) is 0 Å². The lowest BCUT2D eigenvalue weighted by molar-refractivity contribution is 0.102. The number of anilines is 1. The molecule has 0 spiro atoms. The van der Waals surface area contributed by atoms with Gasteiger partial charge in [-0.3, -0.25) is 4.79 Å². The van der Waals surface area contributed by atoms with Crippen LogP contribution in [0.25, 0.3) is 11.1 Å². The zero-order valence-electron chi connectivity index (χ0n) is 10.7. The SMILES string of the molecule is Cc1ccc(Cl)cc1NC(=O)c1ccc2ncoc2c1. The second-order valence-corrected chi connectivity index (χ2v) is 4.88. The third kappa shape index (κ3) is 2.38. The molecule has 2 aromatic carbocycles. The molecule has 3 rings (SSSR count). The number of benzene rings is 2. The van der Waals surface area contributed by atoms with Gasteiger partial charge in [0.2, 0.25) is 0 Å². The molecule has 1 heterocycles. The second kappa shape index (κ2) is 4.98. The molecule has 1 amide bonds. The lowest BCUT2D eigenvalue weighted by atomic mass is 10.1. The number of halogens is 1. The molecule has 0 saturated carbocycles. The van der Waals surface area contributed by atoms with Crippen LogP contribution in [0.4, 0.5) is 5.69 Å². The molecule has 0 atom stereocenters. The summed E-state index contributed by atoms with van der Waals surface area (Å²) in [7, 11) is 0. The number of hydrogen-bond donors (Lipinski definition) is 1. The summed E-state index contributed by atoms with van der Waals surface area (Å²) in [5.41, 5.74) is 3.46. The largest absolute Gasteiger partial charge is 0.443 e. The minimum Gasteiger partial charge on any atom is -0.443 e. The summed E-state index contributed by atoms with van der Waals surface area (Å²) in [4.78, 5) is 16.2. The molecular formula is C15H11ClN2O2. The Hall–Kier alpha value is -2.33. The molecule has 0 unspecified atom stereocenters. The fourth-order valence-corrected chi connectivity index (χ4v) is 2.09. The molecule has 0 saturated heterocycles. The Morgan fingerprint density at radius 2 is 2.10 bits per heavy atom. The fraction of sp³-hybridized carbons (Fsp3) is 0.0667. The Kier molecular flexibility index (Phi) is 3.16. The molecule has 20 heavy (non-hydrogen) atoms. The van der Waals surface area contributed by atoms with E-state index in [1.54, 1.807) is 30.3 Å². The molecule has 1 N–H and O–H groups in total. The van der Waals surface area contributed by atoms with E-state index in [9.17, 15) is 4.79 Å². The third-order valence-electron chi connectivity index (χ3n) is 3.04. The first-order valence-electron chi connectivity index (χ1n) is 6.04. The van der Waals surface area contributed by atoms with E-state index in [0.29, 0.717) is 21.9 Å². The number of aryl methyl sites for hydroxylation is 1. The lowest BCUT2D eigenvalue weighted by Crippen LogP contribution is -2.12. The smallest absolute Gasteiger partial charge is 0.255 e. The van der Waals surface area contributed by atoms with Gasteiger partial charge in [-0.2, -0.15) is 0 Å². The normalized spacial score (nSPS) is 10.7. The molecule has 4 nitrogen and oxygen atoms in total. The van der Waals surface area contributed by atoms with E-state index in [2.05, 4.69) is 10.3 Å². The van der Waals surface area contributed by atoms with Crippen molar-refractivity contribution in [1.29, 1.82) is 0 Å². The van der Waals surface area contributed by atoms with Gasteiger partial charge in [-0.1, -0.05) is 17.7 Å². The number of fused-ring (bicyclic) bond motifs is 1. The summed E-state index contributed by atoms with van der Waals surface area (Å²) in [6.07, 6.45) is 1.35. The van der Waals surface area contributed by atoms with E-state index in [0.717, 1.165) is 11.1 Å². The van der Waals surface area contributed by atoms with E-state index in [1.807, 2.05) is 13.0 Å². The van der Waals surface area contributed by atoms with Gasteiger partial charge in [-0.25, -0.2) is 4.98 Å². The summed E-state index contributed by atoms with van der Waals surface area (Å²) < 4.78 is 5.19. The van der Waals surface area contributed by atoms with E-state index in [-0.39, 0.29) is 5.91 Å². The fourth-order valence-electron chi connectivity index (χ4n) is 1.92. The van der Waals surface area contributed by atoms with Gasteiger partial charge in [-0.15, -0.1) is 0 Å². The topological polar surface area (TPSA) is 55.1 Å². The molecule has 0 aliphatic heterocycles. The van der Waals surface area contributed by atoms with Gasteiger partial charge in [0.15, 0.2) is 12.0 Å². The minimum absolute atomic E-state index is 0.214. The van der Waals surface area contributed by atoms with Crippen LogP contribution in [0.1, 0.15) is 15.9 Å². The van der Waals surface area contributed by atoms with Crippen LogP contribution in [-0.4, -0.2) is 10.9 Å². The van der Waals surface area contributed by atoms with Crippen molar-refractivity contribution in [2.75, 3.05) is 5.32 Å². The molecule has 1 aromatic heterocycles. The van der Waals surface area contributed by atoms with E-state index in [4.69, 9.17) is 16.0 Å². The molecule has 100 valence electrons. The Labute approximate surface area is 120 Å². The summed E-state index contributed by atoms with van der Waals surface area (Å²) >= 11 is 5.94. The van der Waals surface area contributed by atoms with Crippen molar-refractivity contribution in [3.8, 4) is 0 Å². The van der Waals surface area contributed by atoms with Crippen molar-refractivity contribution in [2.24, 2.45) is 0 Å². The molecule has 0 fully saturated rings. The standard InChI is InChI=1S/C15H11ClN2O2/c1-9-2-4-11(16)7-13(9)18-15(19)10-3-5-12-14(6-10)20-8-17-12/h2-8H,1H3,(H,18,19). The predicted octanol–water partition coefficient (Wildman–Crippen LogP) is 4.04. The van der Waals surface area contributed by atoms with E-state index in [1.165, 1.54) is 6.39 Å². The van der Waals surface area contributed by atoms with Gasteiger partial charge in [0.05, 0.1) is 0 Å². The van der Waals surface area contributed by atoms with Gasteiger partial charge < -0.3 is 9.73 Å². The summed E-state index contributed by atoms with van der Waals surface area (Å²) in [6.45, 7) is 1.91. The van der Waals surface area contributed by atoms with Crippen LogP contribution in [0.2, 0.25) is 5.02 Å². The first-order chi connectivity index (χ1) is 9.63. The van der Waals surface area contributed by atoms with Gasteiger partial charge in [-0.05, 0) is 42.8 Å². The van der Waals surface area contributed by atoms with Crippen LogP contribution in [0.15, 0.2) is 47.2 Å². The van der Waals surface area contributed by atoms with Gasteiger partial charge in [0.25, 0.3) is 5.91 Å². The van der Waals surface area contributed by atoms with Crippen molar-refractivity contribution in [3.63, 3.8) is 0 Å². The van der Waals surface area contributed by atoms with Crippen molar-refractivity contribution < 1.29 is 9.21 Å². The number of oxazole rings is 1. The lowest BCUT2D eigenvalue weighted by Gasteiger charge is -2.08. The maximum atomic E-state index is 12.2. The third-order valence-corrected chi connectivity index (χ3v) is 3.28. The highest BCUT2D eigenvalue weighted by Crippen LogP contribution is 2.21. The van der Waals surface area contributed by atoms with Crippen LogP contribution < -0.4 is 5.32 Å². The Morgan fingerprint density at radius 3 is 2.95 bits per heavy atom. The summed E-state index contributed by atoms with van der Waals surface area (Å²) in [6, 6.07) is 10.5. The van der Waals surface area contributed by atoms with Gasteiger partial charge in [0, 0.05) is 16.3 Å². The zero-order valence-corrected chi connectivity index (χ0v) is 11.4. The van der Waals surface area contributed by atoms with E-state index < -0.39 is 0 Å². The average molecular weight is 287 g/mol. The average Bonchev–Trinajstić information content (AvgIpc) is 2.90. The highest BCUT2D eigenvalue weighted by Gasteiger charge is 2.10. The number of rotatable bonds is 2. The molecule has 0 radical (unpaired) electrons. The number of carbonyl (C=O) groups excluding carboxylic acids is 1. The van der Waals surface area contributed by atoms with Crippen molar-refractivity contribution in [3.05, 3.63) is 58.9 Å². The first-order valence-corrected chi connectivity index (χ1v) is 6.42. The quantitative estimate of drug-likeness (QED) is 0.773. The monoisotopic (exact) mass is 286 g/mol. The van der Waals surface area contributed by atoms with Crippen molar-refractivity contribution in [2.45, 2.75) is 6.92 Å². The molecule has 0 aliphatic carbocycles. The first kappa shape index (κ1) is 12.7. The molecule has 0 bridgehead atoms. The minimum atomic E-state index is -0.214. The maximum absolute atomic E-state index is 12.2. The molecule has 3 aromatic rings. The second-order valence-electron chi connectivity index (χ2n) is 4.45. The number of carbonyl (C=O) groups is 1. The van der Waals surface area contributed by atoms with Crippen LogP contribution >= 0.6 is 11.6 Å². The number of hydrogen-bond acceptors (Lipinski definition) is 3. The van der Waals surface area contributed by atoms with Crippen LogP contribution in [0, 0.1) is 6.92 Å². The molecule has 5 heteroatoms. The highest BCUT2D eigenvalue weighted by atomic mass is 35.5. The van der Waals surface area contributed by atoms with Crippen molar-refractivity contribution >= 4 is 34.3 Å². The highest BCUT2D eigenvalue weighted by molar-refractivity contribution is 6.31. The Morgan fingerprint density at radius 1 is 1.25 bits per heavy atom. The number of nitrogens with one attached hydrogen (secondary N) is 1. The zero-order chi connectivity index (χ0) is 14.1. The summed E-state index contributed by atoms with van der Waals surface area (Å²) in [5.74, 6) is -0.214. The van der Waals surface area contributed by atoms with Crippen LogP contribution in [0.3, 0.4) is 0 Å².